The van der Waals surface area contributed by atoms with Gasteiger partial charge in [0.1, 0.15) is 0 Å². The van der Waals surface area contributed by atoms with Crippen LogP contribution in [0.15, 0.2) is 35.7 Å². The predicted octanol–water partition coefficient (Wildman–Crippen LogP) is 3.55. The summed E-state index contributed by atoms with van der Waals surface area (Å²) in [4.78, 5) is 17.7. The molecule has 0 bridgehead atoms. The molecule has 1 unspecified atom stereocenters. The molecule has 6 heteroatoms. The first-order chi connectivity index (χ1) is 11.1. The third-order valence-corrected chi connectivity index (χ3v) is 5.31. The van der Waals surface area contributed by atoms with Gasteiger partial charge in [0.05, 0.1) is 0 Å². The van der Waals surface area contributed by atoms with E-state index in [-0.39, 0.29) is 11.5 Å². The number of rotatable bonds is 3. The molecule has 1 aromatic heterocycles. The van der Waals surface area contributed by atoms with Crippen molar-refractivity contribution in [3.8, 4) is 0 Å². The van der Waals surface area contributed by atoms with Crippen molar-refractivity contribution in [2.45, 2.75) is 13.0 Å². The first-order valence-corrected chi connectivity index (χ1v) is 8.46. The van der Waals surface area contributed by atoms with Crippen LogP contribution < -0.4 is 0 Å². The van der Waals surface area contributed by atoms with Gasteiger partial charge in [0.15, 0.2) is 11.6 Å². The molecule has 1 saturated heterocycles. The summed E-state index contributed by atoms with van der Waals surface area (Å²) in [5, 5.41) is 2.06. The van der Waals surface area contributed by atoms with Gasteiger partial charge in [0, 0.05) is 42.7 Å². The first-order valence-electron chi connectivity index (χ1n) is 7.58. The average molecular weight is 336 g/mol. The molecule has 0 radical (unpaired) electrons. The lowest BCUT2D eigenvalue weighted by atomic mass is 10.1. The standard InChI is InChI=1S/C17H18F2N2OS/c1-12(16-3-2-10-23-16)20-6-8-21(9-7-20)17(22)13-4-5-14(18)15(19)11-13/h2-5,10-12H,6-9H2,1H3. The van der Waals surface area contributed by atoms with Crippen molar-refractivity contribution in [1.29, 1.82) is 0 Å². The highest BCUT2D eigenvalue weighted by Gasteiger charge is 2.26. The van der Waals surface area contributed by atoms with Gasteiger partial charge in [-0.05, 0) is 36.6 Å². The molecule has 1 aromatic carbocycles. The Morgan fingerprint density at radius 2 is 1.87 bits per heavy atom. The number of carbonyl (C=O) groups is 1. The third-order valence-electron chi connectivity index (χ3n) is 4.27. The molecular formula is C17H18F2N2OS. The zero-order chi connectivity index (χ0) is 16.4. The summed E-state index contributed by atoms with van der Waals surface area (Å²) in [6, 6.07) is 7.79. The molecule has 0 spiro atoms. The SMILES string of the molecule is CC(c1cccs1)N1CCN(C(=O)c2ccc(F)c(F)c2)CC1. The number of halogens is 2. The van der Waals surface area contributed by atoms with Crippen LogP contribution in [0.2, 0.25) is 0 Å². The number of piperazine rings is 1. The van der Waals surface area contributed by atoms with E-state index in [0.29, 0.717) is 19.1 Å². The lowest BCUT2D eigenvalue weighted by molar-refractivity contribution is 0.0584. The largest absolute Gasteiger partial charge is 0.336 e. The summed E-state index contributed by atoms with van der Waals surface area (Å²) in [6.45, 7) is 4.89. The number of hydrogen-bond acceptors (Lipinski definition) is 3. The Labute approximate surface area is 138 Å². The fourth-order valence-electron chi connectivity index (χ4n) is 2.83. The Morgan fingerprint density at radius 1 is 1.13 bits per heavy atom. The summed E-state index contributed by atoms with van der Waals surface area (Å²) >= 11 is 1.73. The maximum atomic E-state index is 13.3. The molecule has 1 amide bonds. The smallest absolute Gasteiger partial charge is 0.254 e. The van der Waals surface area contributed by atoms with E-state index < -0.39 is 11.6 Å². The van der Waals surface area contributed by atoms with Crippen LogP contribution >= 0.6 is 11.3 Å². The van der Waals surface area contributed by atoms with Gasteiger partial charge in [0.25, 0.3) is 5.91 Å². The van der Waals surface area contributed by atoms with Crippen molar-refractivity contribution >= 4 is 17.2 Å². The summed E-state index contributed by atoms with van der Waals surface area (Å²) in [5.41, 5.74) is 0.198. The van der Waals surface area contributed by atoms with Gasteiger partial charge in [0.2, 0.25) is 0 Å². The molecule has 0 saturated carbocycles. The summed E-state index contributed by atoms with van der Waals surface area (Å²) < 4.78 is 26.3. The lowest BCUT2D eigenvalue weighted by Crippen LogP contribution is -2.49. The van der Waals surface area contributed by atoms with Crippen molar-refractivity contribution in [3.05, 3.63) is 57.8 Å². The fourth-order valence-corrected chi connectivity index (χ4v) is 3.65. The molecule has 0 aliphatic carbocycles. The van der Waals surface area contributed by atoms with Crippen LogP contribution in [0.3, 0.4) is 0 Å². The van der Waals surface area contributed by atoms with E-state index in [0.717, 1.165) is 25.2 Å². The van der Waals surface area contributed by atoms with Gasteiger partial charge in [-0.15, -0.1) is 11.3 Å². The zero-order valence-electron chi connectivity index (χ0n) is 12.8. The minimum absolute atomic E-state index is 0.198. The number of amides is 1. The number of thiophene rings is 1. The second kappa shape index (κ2) is 6.76. The molecule has 1 fully saturated rings. The normalized spacial score (nSPS) is 17.3. The topological polar surface area (TPSA) is 23.6 Å². The van der Waals surface area contributed by atoms with Crippen LogP contribution in [0.25, 0.3) is 0 Å². The Hall–Kier alpha value is -1.79. The van der Waals surface area contributed by atoms with Gasteiger partial charge >= 0.3 is 0 Å². The number of hydrogen-bond donors (Lipinski definition) is 0. The lowest BCUT2D eigenvalue weighted by Gasteiger charge is -2.37. The van der Waals surface area contributed by atoms with Gasteiger partial charge in [-0.2, -0.15) is 0 Å². The molecule has 0 N–H and O–H groups in total. The van der Waals surface area contributed by atoms with E-state index in [4.69, 9.17) is 0 Å². The second-order valence-electron chi connectivity index (χ2n) is 5.65. The zero-order valence-corrected chi connectivity index (χ0v) is 13.7. The predicted molar refractivity (Wildman–Crippen MR) is 86.6 cm³/mol. The Kier molecular flexibility index (Phi) is 4.73. The van der Waals surface area contributed by atoms with E-state index in [1.54, 1.807) is 16.2 Å². The van der Waals surface area contributed by atoms with Crippen molar-refractivity contribution in [2.24, 2.45) is 0 Å². The van der Waals surface area contributed by atoms with Gasteiger partial charge < -0.3 is 4.90 Å². The van der Waals surface area contributed by atoms with Gasteiger partial charge in [-0.3, -0.25) is 9.69 Å². The summed E-state index contributed by atoms with van der Waals surface area (Å²) in [7, 11) is 0. The molecule has 2 heterocycles. The van der Waals surface area contributed by atoms with Crippen LogP contribution in [0.5, 0.6) is 0 Å². The molecule has 3 nitrogen and oxygen atoms in total. The molecule has 1 atom stereocenters. The highest BCUT2D eigenvalue weighted by atomic mass is 32.1. The van der Waals surface area contributed by atoms with E-state index in [2.05, 4.69) is 23.3 Å². The molecule has 1 aliphatic rings. The van der Waals surface area contributed by atoms with Crippen LogP contribution in [-0.4, -0.2) is 41.9 Å². The van der Waals surface area contributed by atoms with E-state index in [1.807, 2.05) is 6.07 Å². The summed E-state index contributed by atoms with van der Waals surface area (Å²) in [6.07, 6.45) is 0. The average Bonchev–Trinajstić information content (AvgIpc) is 3.11. The van der Waals surface area contributed by atoms with Gasteiger partial charge in [-0.1, -0.05) is 6.07 Å². The first kappa shape index (κ1) is 16.1. The third kappa shape index (κ3) is 3.43. The molecule has 3 rings (SSSR count). The van der Waals surface area contributed by atoms with Crippen LogP contribution in [0, 0.1) is 11.6 Å². The minimum Gasteiger partial charge on any atom is -0.336 e. The second-order valence-corrected chi connectivity index (χ2v) is 6.63. The maximum Gasteiger partial charge on any atom is 0.254 e. The Morgan fingerprint density at radius 3 is 2.48 bits per heavy atom. The minimum atomic E-state index is -0.985. The monoisotopic (exact) mass is 336 g/mol. The molecule has 23 heavy (non-hydrogen) atoms. The molecule has 1 aliphatic heterocycles. The van der Waals surface area contributed by atoms with Gasteiger partial charge in [-0.25, -0.2) is 8.78 Å². The van der Waals surface area contributed by atoms with Crippen molar-refractivity contribution < 1.29 is 13.6 Å². The Balaban J connectivity index is 1.62. The Bertz CT molecular complexity index is 682. The molecule has 2 aromatic rings. The molecule has 122 valence electrons. The van der Waals surface area contributed by atoms with Crippen molar-refractivity contribution in [1.82, 2.24) is 9.80 Å². The van der Waals surface area contributed by atoms with E-state index in [9.17, 15) is 13.6 Å². The van der Waals surface area contributed by atoms with Crippen LogP contribution in [0.1, 0.15) is 28.2 Å². The number of nitrogens with zero attached hydrogens (tertiary/aromatic N) is 2. The number of carbonyl (C=O) groups excluding carboxylic acids is 1. The number of benzene rings is 1. The van der Waals surface area contributed by atoms with E-state index >= 15 is 0 Å². The summed E-state index contributed by atoms with van der Waals surface area (Å²) in [5.74, 6) is -2.16. The fraction of sp³-hybridized carbons (Fsp3) is 0.353. The maximum absolute atomic E-state index is 13.3. The van der Waals surface area contributed by atoms with Crippen molar-refractivity contribution in [2.75, 3.05) is 26.2 Å². The highest BCUT2D eigenvalue weighted by molar-refractivity contribution is 7.10. The van der Waals surface area contributed by atoms with Crippen LogP contribution in [-0.2, 0) is 0 Å². The highest BCUT2D eigenvalue weighted by Crippen LogP contribution is 2.25. The van der Waals surface area contributed by atoms with Crippen molar-refractivity contribution in [3.63, 3.8) is 0 Å². The van der Waals surface area contributed by atoms with Crippen LogP contribution in [0.4, 0.5) is 8.78 Å². The molecular weight excluding hydrogens is 318 g/mol. The van der Waals surface area contributed by atoms with E-state index in [1.165, 1.54) is 10.9 Å². The quantitative estimate of drug-likeness (QED) is 0.856.